The van der Waals surface area contributed by atoms with Crippen molar-refractivity contribution in [3.63, 3.8) is 0 Å². The zero-order valence-electron chi connectivity index (χ0n) is 14.2. The van der Waals surface area contributed by atoms with E-state index < -0.39 is 0 Å². The SMILES string of the molecule is Cc1ccc(NC(=O)CCn2cnc3oc(C)c(C)c3c2=O)cc1Cl. The summed E-state index contributed by atoms with van der Waals surface area (Å²) in [4.78, 5) is 28.8. The van der Waals surface area contributed by atoms with Crippen molar-refractivity contribution in [2.75, 3.05) is 5.32 Å². The molecule has 25 heavy (non-hydrogen) atoms. The predicted molar refractivity (Wildman–Crippen MR) is 97.2 cm³/mol. The molecule has 0 saturated heterocycles. The van der Waals surface area contributed by atoms with Gasteiger partial charge in [0, 0.05) is 29.2 Å². The van der Waals surface area contributed by atoms with E-state index in [2.05, 4.69) is 10.3 Å². The third kappa shape index (κ3) is 3.44. The molecule has 2 heterocycles. The molecule has 0 unspecified atom stereocenters. The molecule has 3 aromatic rings. The van der Waals surface area contributed by atoms with Crippen LogP contribution in [0, 0.1) is 20.8 Å². The van der Waals surface area contributed by atoms with Gasteiger partial charge in [-0.25, -0.2) is 4.98 Å². The maximum atomic E-state index is 12.5. The van der Waals surface area contributed by atoms with Crippen LogP contribution in [0.15, 0.2) is 33.7 Å². The molecule has 2 aromatic heterocycles. The van der Waals surface area contributed by atoms with Crippen LogP contribution < -0.4 is 10.9 Å². The zero-order chi connectivity index (χ0) is 18.1. The summed E-state index contributed by atoms with van der Waals surface area (Å²) in [6.45, 7) is 5.74. The number of carbonyl (C=O) groups excluding carboxylic acids is 1. The number of benzene rings is 1. The molecular formula is C18H18ClN3O3. The highest BCUT2D eigenvalue weighted by molar-refractivity contribution is 6.31. The number of rotatable bonds is 4. The van der Waals surface area contributed by atoms with Gasteiger partial charge in [-0.05, 0) is 38.5 Å². The highest BCUT2D eigenvalue weighted by Crippen LogP contribution is 2.20. The Morgan fingerprint density at radius 2 is 2.08 bits per heavy atom. The van der Waals surface area contributed by atoms with Crippen LogP contribution in [0.4, 0.5) is 5.69 Å². The minimum atomic E-state index is -0.203. The Kier molecular flexibility index (Phi) is 4.63. The van der Waals surface area contributed by atoms with E-state index in [1.165, 1.54) is 10.9 Å². The second-order valence-electron chi connectivity index (χ2n) is 5.97. The van der Waals surface area contributed by atoms with Crippen molar-refractivity contribution in [2.24, 2.45) is 0 Å². The van der Waals surface area contributed by atoms with E-state index >= 15 is 0 Å². The lowest BCUT2D eigenvalue weighted by molar-refractivity contribution is -0.116. The van der Waals surface area contributed by atoms with E-state index in [9.17, 15) is 9.59 Å². The molecule has 0 aliphatic rings. The first-order chi connectivity index (χ1) is 11.9. The van der Waals surface area contributed by atoms with Gasteiger partial charge in [0.05, 0.1) is 0 Å². The molecule has 0 fully saturated rings. The summed E-state index contributed by atoms with van der Waals surface area (Å²) in [6, 6.07) is 5.33. The fraction of sp³-hybridized carbons (Fsp3) is 0.278. The molecule has 7 heteroatoms. The van der Waals surface area contributed by atoms with Crippen LogP contribution >= 0.6 is 11.6 Å². The summed E-state index contributed by atoms with van der Waals surface area (Å²) in [5.41, 5.74) is 2.47. The number of nitrogens with zero attached hydrogens (tertiary/aromatic N) is 2. The summed E-state index contributed by atoms with van der Waals surface area (Å²) < 4.78 is 6.87. The van der Waals surface area contributed by atoms with Crippen molar-refractivity contribution in [2.45, 2.75) is 33.7 Å². The molecule has 3 rings (SSSR count). The average Bonchev–Trinajstić information content (AvgIpc) is 2.86. The largest absolute Gasteiger partial charge is 0.443 e. The molecule has 1 aromatic carbocycles. The third-order valence-electron chi connectivity index (χ3n) is 4.19. The molecular weight excluding hydrogens is 342 g/mol. The Bertz CT molecular complexity index is 1020. The molecule has 0 saturated carbocycles. The van der Waals surface area contributed by atoms with Gasteiger partial charge < -0.3 is 9.73 Å². The predicted octanol–water partition coefficient (Wildman–Crippen LogP) is 3.60. The van der Waals surface area contributed by atoms with Crippen molar-refractivity contribution in [3.8, 4) is 0 Å². The van der Waals surface area contributed by atoms with Gasteiger partial charge in [-0.2, -0.15) is 0 Å². The third-order valence-corrected chi connectivity index (χ3v) is 4.60. The zero-order valence-corrected chi connectivity index (χ0v) is 15.0. The lowest BCUT2D eigenvalue weighted by Crippen LogP contribution is -2.23. The second kappa shape index (κ2) is 6.72. The lowest BCUT2D eigenvalue weighted by atomic mass is 10.2. The average molecular weight is 360 g/mol. The molecule has 0 atom stereocenters. The van der Waals surface area contributed by atoms with Gasteiger partial charge in [0.15, 0.2) is 0 Å². The molecule has 1 N–H and O–H groups in total. The molecule has 1 amide bonds. The fourth-order valence-electron chi connectivity index (χ4n) is 2.55. The number of fused-ring (bicyclic) bond motifs is 1. The second-order valence-corrected chi connectivity index (χ2v) is 6.38. The van der Waals surface area contributed by atoms with Crippen LogP contribution in [-0.2, 0) is 11.3 Å². The van der Waals surface area contributed by atoms with Crippen LogP contribution in [0.2, 0.25) is 5.02 Å². The van der Waals surface area contributed by atoms with Crippen LogP contribution in [0.5, 0.6) is 0 Å². The number of hydrogen-bond donors (Lipinski definition) is 1. The maximum absolute atomic E-state index is 12.5. The van der Waals surface area contributed by atoms with Gasteiger partial charge >= 0.3 is 0 Å². The molecule has 0 radical (unpaired) electrons. The molecule has 0 spiro atoms. The van der Waals surface area contributed by atoms with Crippen molar-refractivity contribution >= 4 is 34.3 Å². The van der Waals surface area contributed by atoms with Gasteiger partial charge in [0.25, 0.3) is 5.56 Å². The molecule has 6 nitrogen and oxygen atoms in total. The number of anilines is 1. The number of nitrogens with one attached hydrogen (secondary N) is 1. The van der Waals surface area contributed by atoms with Gasteiger partial charge in [-0.1, -0.05) is 17.7 Å². The number of carbonyl (C=O) groups is 1. The Morgan fingerprint density at radius 1 is 1.32 bits per heavy atom. The molecule has 130 valence electrons. The standard InChI is InChI=1S/C18H18ClN3O3/c1-10-4-5-13(8-14(10)19)21-15(23)6-7-22-9-20-17-16(18(22)24)11(2)12(3)25-17/h4-5,8-9H,6-7H2,1-3H3,(H,21,23). The van der Waals surface area contributed by atoms with Crippen molar-refractivity contribution in [3.05, 3.63) is 56.8 Å². The maximum Gasteiger partial charge on any atom is 0.264 e. The number of aromatic nitrogens is 2. The number of furan rings is 1. The summed E-state index contributed by atoms with van der Waals surface area (Å²) >= 11 is 6.05. The summed E-state index contributed by atoms with van der Waals surface area (Å²) in [5, 5.41) is 3.83. The van der Waals surface area contributed by atoms with Gasteiger partial charge in [-0.15, -0.1) is 0 Å². The summed E-state index contributed by atoms with van der Waals surface area (Å²) in [7, 11) is 0. The first-order valence-corrected chi connectivity index (χ1v) is 8.25. The Labute approximate surface area is 149 Å². The Hall–Kier alpha value is -2.60. The van der Waals surface area contributed by atoms with Crippen LogP contribution in [0.1, 0.15) is 23.3 Å². The summed E-state index contributed by atoms with van der Waals surface area (Å²) in [5.74, 6) is 0.471. The van der Waals surface area contributed by atoms with Crippen LogP contribution in [0.3, 0.4) is 0 Å². The minimum absolute atomic E-state index is 0.147. The monoisotopic (exact) mass is 359 g/mol. The van der Waals surface area contributed by atoms with Gasteiger partial charge in [0.2, 0.25) is 11.6 Å². The topological polar surface area (TPSA) is 77.1 Å². The van der Waals surface area contributed by atoms with Crippen molar-refractivity contribution < 1.29 is 9.21 Å². The fourth-order valence-corrected chi connectivity index (χ4v) is 2.73. The summed E-state index contributed by atoms with van der Waals surface area (Å²) in [6.07, 6.45) is 1.55. The van der Waals surface area contributed by atoms with Crippen molar-refractivity contribution in [1.29, 1.82) is 0 Å². The highest BCUT2D eigenvalue weighted by Gasteiger charge is 2.14. The Morgan fingerprint density at radius 3 is 2.80 bits per heavy atom. The van der Waals surface area contributed by atoms with E-state index in [1.54, 1.807) is 19.1 Å². The van der Waals surface area contributed by atoms with Crippen LogP contribution in [0.25, 0.3) is 11.1 Å². The normalized spacial score (nSPS) is 11.0. The molecule has 0 aliphatic heterocycles. The van der Waals surface area contributed by atoms with Gasteiger partial charge in [0.1, 0.15) is 17.5 Å². The first-order valence-electron chi connectivity index (χ1n) is 7.88. The smallest absolute Gasteiger partial charge is 0.264 e. The number of aryl methyl sites for hydroxylation is 4. The van der Waals surface area contributed by atoms with Crippen LogP contribution in [-0.4, -0.2) is 15.5 Å². The number of halogens is 1. The van der Waals surface area contributed by atoms with E-state index in [1.807, 2.05) is 19.9 Å². The lowest BCUT2D eigenvalue weighted by Gasteiger charge is -2.08. The van der Waals surface area contributed by atoms with E-state index in [4.69, 9.17) is 16.0 Å². The van der Waals surface area contributed by atoms with E-state index in [0.717, 1.165) is 11.1 Å². The number of hydrogen-bond acceptors (Lipinski definition) is 4. The highest BCUT2D eigenvalue weighted by atomic mass is 35.5. The van der Waals surface area contributed by atoms with Gasteiger partial charge in [-0.3, -0.25) is 14.2 Å². The quantitative estimate of drug-likeness (QED) is 0.772. The minimum Gasteiger partial charge on any atom is -0.443 e. The van der Waals surface area contributed by atoms with E-state index in [0.29, 0.717) is 27.6 Å². The molecule has 0 aliphatic carbocycles. The Balaban J connectivity index is 1.73. The first kappa shape index (κ1) is 17.2. The molecule has 0 bridgehead atoms. The van der Waals surface area contributed by atoms with Crippen molar-refractivity contribution in [1.82, 2.24) is 9.55 Å². The van der Waals surface area contributed by atoms with E-state index in [-0.39, 0.29) is 24.4 Å². The number of amides is 1.